The quantitative estimate of drug-likeness (QED) is 0.473. The van der Waals surface area contributed by atoms with Crippen molar-refractivity contribution in [2.24, 2.45) is 23.7 Å². The molecule has 3 N–H and O–H groups in total. The Morgan fingerprint density at radius 1 is 1.05 bits per heavy atom. The Morgan fingerprint density at radius 2 is 1.76 bits per heavy atom. The molecule has 2 rings (SSSR count). The minimum absolute atomic E-state index is 0.00315. The first kappa shape index (κ1) is 31.4. The molecule has 1 fully saturated rings. The van der Waals surface area contributed by atoms with Crippen LogP contribution in [0.1, 0.15) is 53.9 Å². The zero-order chi connectivity index (χ0) is 27.7. The number of allylic oxidation sites excluding steroid dienone is 3. The first-order valence-electron chi connectivity index (χ1n) is 13.7. The van der Waals surface area contributed by atoms with Crippen molar-refractivity contribution in [2.75, 3.05) is 20.7 Å². The largest absolute Gasteiger partial charge is 0.459 e. The van der Waals surface area contributed by atoms with E-state index >= 15 is 0 Å². The smallest absolute Gasteiger partial charge is 0.330 e. The van der Waals surface area contributed by atoms with Gasteiger partial charge in [-0.2, -0.15) is 0 Å². The molecule has 8 nitrogen and oxygen atoms in total. The summed E-state index contributed by atoms with van der Waals surface area (Å²) in [7, 11) is 4.02. The van der Waals surface area contributed by atoms with Crippen molar-refractivity contribution in [1.29, 1.82) is 0 Å². The lowest BCUT2D eigenvalue weighted by atomic mass is 9.84. The monoisotopic (exact) mass is 522 g/mol. The molecular weight excluding hydrogens is 474 g/mol. The summed E-state index contributed by atoms with van der Waals surface area (Å²) in [6.45, 7) is 9.57. The SMILES string of the molecule is CC[C@H]1OC(=O)/C=C/[C@H](C)[C@@H](O[C@@H]2O[C@H](C)C[C@H]([NH+](C)C)[C@H]2O)[C@@H](C)C[C@@H](C)C(=O)/C=C/C=C/[C@@H]1CO. The van der Waals surface area contributed by atoms with Crippen LogP contribution in [0.3, 0.4) is 0 Å². The second-order valence-electron chi connectivity index (χ2n) is 11.0. The van der Waals surface area contributed by atoms with Crippen LogP contribution in [0.5, 0.6) is 0 Å². The molecule has 1 saturated heterocycles. The summed E-state index contributed by atoms with van der Waals surface area (Å²) < 4.78 is 18.1. The average Bonchev–Trinajstić information content (AvgIpc) is 2.85. The number of aliphatic hydroxyl groups is 2. The summed E-state index contributed by atoms with van der Waals surface area (Å²) in [5.74, 6) is -1.39. The summed E-state index contributed by atoms with van der Waals surface area (Å²) in [6.07, 6.45) is 9.10. The number of nitrogens with one attached hydrogen (secondary N) is 1. The predicted octanol–water partition coefficient (Wildman–Crippen LogP) is 1.86. The molecule has 0 aromatic heterocycles. The van der Waals surface area contributed by atoms with Crippen LogP contribution >= 0.6 is 0 Å². The second-order valence-corrected chi connectivity index (χ2v) is 11.0. The molecule has 210 valence electrons. The van der Waals surface area contributed by atoms with Gasteiger partial charge < -0.3 is 29.3 Å². The van der Waals surface area contributed by atoms with Crippen molar-refractivity contribution < 1.29 is 38.9 Å². The van der Waals surface area contributed by atoms with Crippen molar-refractivity contribution in [2.45, 2.75) is 90.6 Å². The molecule has 0 aliphatic carbocycles. The maximum absolute atomic E-state index is 12.8. The van der Waals surface area contributed by atoms with Crippen LogP contribution in [0.4, 0.5) is 0 Å². The van der Waals surface area contributed by atoms with Gasteiger partial charge in [-0.05, 0) is 31.8 Å². The molecule has 2 aliphatic rings. The molecule has 0 unspecified atom stereocenters. The van der Waals surface area contributed by atoms with Gasteiger partial charge in [-0.25, -0.2) is 4.79 Å². The predicted molar refractivity (Wildman–Crippen MR) is 142 cm³/mol. The third-order valence-electron chi connectivity index (χ3n) is 7.59. The fourth-order valence-electron chi connectivity index (χ4n) is 5.31. The van der Waals surface area contributed by atoms with E-state index < -0.39 is 30.6 Å². The van der Waals surface area contributed by atoms with Gasteiger partial charge in [0.2, 0.25) is 0 Å². The highest BCUT2D eigenvalue weighted by atomic mass is 16.7. The zero-order valence-electron chi connectivity index (χ0n) is 23.5. The van der Waals surface area contributed by atoms with Gasteiger partial charge in [-0.1, -0.05) is 52.0 Å². The minimum Gasteiger partial charge on any atom is -0.459 e. The van der Waals surface area contributed by atoms with E-state index in [4.69, 9.17) is 14.2 Å². The Balaban J connectivity index is 2.35. The summed E-state index contributed by atoms with van der Waals surface area (Å²) in [5.41, 5.74) is 0. The van der Waals surface area contributed by atoms with Crippen molar-refractivity contribution in [1.82, 2.24) is 0 Å². The van der Waals surface area contributed by atoms with Crippen molar-refractivity contribution >= 4 is 11.8 Å². The van der Waals surface area contributed by atoms with E-state index in [0.717, 1.165) is 11.3 Å². The Bertz CT molecular complexity index is 823. The van der Waals surface area contributed by atoms with E-state index in [-0.39, 0.29) is 48.2 Å². The number of quaternary nitrogens is 1. The first-order chi connectivity index (χ1) is 17.5. The topological polar surface area (TPSA) is 107 Å². The molecule has 0 aromatic rings. The number of hydrogen-bond acceptors (Lipinski definition) is 7. The van der Waals surface area contributed by atoms with E-state index in [1.54, 1.807) is 30.4 Å². The molecule has 0 radical (unpaired) electrons. The summed E-state index contributed by atoms with van der Waals surface area (Å²) in [5, 5.41) is 20.9. The zero-order valence-corrected chi connectivity index (χ0v) is 23.5. The lowest BCUT2D eigenvalue weighted by Crippen LogP contribution is -3.12. The molecule has 0 bridgehead atoms. The van der Waals surface area contributed by atoms with E-state index in [0.29, 0.717) is 12.8 Å². The normalized spacial score (nSPS) is 41.2. The van der Waals surface area contributed by atoms with E-state index in [1.807, 2.05) is 48.7 Å². The maximum atomic E-state index is 12.8. The van der Waals surface area contributed by atoms with E-state index in [2.05, 4.69) is 0 Å². The summed E-state index contributed by atoms with van der Waals surface area (Å²) >= 11 is 0. The van der Waals surface area contributed by atoms with Crippen LogP contribution < -0.4 is 4.90 Å². The number of hydrogen-bond donors (Lipinski definition) is 3. The van der Waals surface area contributed by atoms with Gasteiger partial charge in [0.1, 0.15) is 12.1 Å². The highest BCUT2D eigenvalue weighted by molar-refractivity contribution is 5.91. The van der Waals surface area contributed by atoms with E-state index in [1.165, 1.54) is 6.08 Å². The number of ether oxygens (including phenoxy) is 3. The minimum atomic E-state index is -0.810. The Hall–Kier alpha value is -1.84. The molecular formula is C29H48NO7+. The summed E-state index contributed by atoms with van der Waals surface area (Å²) in [6, 6.07) is -0.0276. The number of rotatable bonds is 5. The molecule has 8 heteroatoms. The van der Waals surface area contributed by atoms with Crippen LogP contribution in [0.2, 0.25) is 0 Å². The first-order valence-corrected chi connectivity index (χ1v) is 13.7. The highest BCUT2D eigenvalue weighted by Crippen LogP contribution is 2.30. The van der Waals surface area contributed by atoms with Crippen LogP contribution in [-0.4, -0.2) is 79.4 Å². The number of esters is 1. The number of likely N-dealkylation sites (N-methyl/N-ethyl adjacent to an activating group) is 1. The van der Waals surface area contributed by atoms with Crippen LogP contribution in [0, 0.1) is 23.7 Å². The highest BCUT2D eigenvalue weighted by Gasteiger charge is 2.43. The third kappa shape index (κ3) is 9.14. The standard InChI is InChI=1S/C29H47NO7/c1-8-25-22(17-31)11-9-10-12-24(32)19(3)15-20(4)28(18(2)13-14-26(33)36-25)37-29-27(34)23(30(6)7)16-21(5)35-29/h9-14,18-23,25,27-29,31,34H,8,15-17H2,1-7H3/p+1/b11-9+,12-10+,14-13+/t18-,19+,20-,21+,22+,23-,25+,27+,28+,29-/m0/s1. The number of aliphatic hydroxyl groups excluding tert-OH is 2. The van der Waals surface area contributed by atoms with Gasteiger partial charge in [0.25, 0.3) is 0 Å². The number of cyclic esters (lactones) is 1. The van der Waals surface area contributed by atoms with Crippen LogP contribution in [-0.2, 0) is 23.8 Å². The molecule has 0 amide bonds. The molecule has 2 aliphatic heterocycles. The van der Waals surface area contributed by atoms with Gasteiger partial charge in [0.05, 0.1) is 32.9 Å². The molecule has 2 heterocycles. The molecule has 10 atom stereocenters. The van der Waals surface area contributed by atoms with E-state index in [9.17, 15) is 19.8 Å². The van der Waals surface area contributed by atoms with Crippen LogP contribution in [0.25, 0.3) is 0 Å². The summed E-state index contributed by atoms with van der Waals surface area (Å²) in [4.78, 5) is 26.6. The third-order valence-corrected chi connectivity index (χ3v) is 7.59. The number of carbonyl (C=O) groups is 2. The van der Waals surface area contributed by atoms with Gasteiger partial charge >= 0.3 is 5.97 Å². The van der Waals surface area contributed by atoms with Gasteiger partial charge in [-0.15, -0.1) is 0 Å². The molecule has 37 heavy (non-hydrogen) atoms. The van der Waals surface area contributed by atoms with Crippen molar-refractivity contribution in [3.05, 3.63) is 36.5 Å². The maximum Gasteiger partial charge on any atom is 0.330 e. The Morgan fingerprint density at radius 3 is 2.38 bits per heavy atom. The molecule has 0 saturated carbocycles. The lowest BCUT2D eigenvalue weighted by molar-refractivity contribution is -0.893. The van der Waals surface area contributed by atoms with Crippen LogP contribution in [0.15, 0.2) is 36.5 Å². The van der Waals surface area contributed by atoms with Crippen molar-refractivity contribution in [3.8, 4) is 0 Å². The second kappa shape index (κ2) is 14.9. The van der Waals surface area contributed by atoms with Gasteiger partial charge in [-0.3, -0.25) is 4.79 Å². The number of carbonyl (C=O) groups excluding carboxylic acids is 2. The molecule has 0 spiro atoms. The average molecular weight is 523 g/mol. The van der Waals surface area contributed by atoms with Crippen molar-refractivity contribution in [3.63, 3.8) is 0 Å². The fourth-order valence-corrected chi connectivity index (χ4v) is 5.31. The molecule has 0 aromatic carbocycles. The Labute approximate surface area is 222 Å². The Kier molecular flexibility index (Phi) is 12.7. The lowest BCUT2D eigenvalue weighted by Gasteiger charge is -2.42. The van der Waals surface area contributed by atoms with Gasteiger partial charge in [0, 0.05) is 30.3 Å². The van der Waals surface area contributed by atoms with Gasteiger partial charge in [0.15, 0.2) is 18.2 Å². The fraction of sp³-hybridized carbons (Fsp3) is 0.724. The number of ketones is 1.